The van der Waals surface area contributed by atoms with Gasteiger partial charge in [-0.25, -0.2) is 0 Å². The van der Waals surface area contributed by atoms with Crippen molar-refractivity contribution < 1.29 is 14.3 Å². The molecule has 4 rings (SSSR count). The highest BCUT2D eigenvalue weighted by molar-refractivity contribution is 5.84. The Labute approximate surface area is 155 Å². The van der Waals surface area contributed by atoms with Crippen molar-refractivity contribution in [3.8, 4) is 5.75 Å². The highest BCUT2D eigenvalue weighted by Crippen LogP contribution is 2.37. The van der Waals surface area contributed by atoms with Crippen molar-refractivity contribution >= 4 is 11.8 Å². The van der Waals surface area contributed by atoms with E-state index in [1.165, 1.54) is 0 Å². The van der Waals surface area contributed by atoms with Gasteiger partial charge in [0.25, 0.3) is 0 Å². The molecule has 3 fully saturated rings. The van der Waals surface area contributed by atoms with E-state index in [1.807, 2.05) is 29.2 Å². The predicted octanol–water partition coefficient (Wildman–Crippen LogP) is 2.71. The van der Waals surface area contributed by atoms with Gasteiger partial charge in [-0.2, -0.15) is 0 Å². The number of hydrogen-bond acceptors (Lipinski definition) is 3. The first-order valence-corrected chi connectivity index (χ1v) is 9.89. The lowest BCUT2D eigenvalue weighted by Crippen LogP contribution is -2.37. The van der Waals surface area contributed by atoms with Crippen molar-refractivity contribution in [2.75, 3.05) is 20.2 Å². The van der Waals surface area contributed by atoms with Gasteiger partial charge in [0.15, 0.2) is 0 Å². The number of nitrogens with one attached hydrogen (secondary N) is 1. The molecule has 26 heavy (non-hydrogen) atoms. The molecule has 1 saturated heterocycles. The van der Waals surface area contributed by atoms with E-state index in [2.05, 4.69) is 5.32 Å². The van der Waals surface area contributed by atoms with Gasteiger partial charge in [0.2, 0.25) is 11.8 Å². The maximum absolute atomic E-state index is 12.9. The summed E-state index contributed by atoms with van der Waals surface area (Å²) in [7, 11) is 1.65. The minimum Gasteiger partial charge on any atom is -0.497 e. The second-order valence-electron chi connectivity index (χ2n) is 7.99. The van der Waals surface area contributed by atoms with Gasteiger partial charge in [0, 0.05) is 31.0 Å². The van der Waals surface area contributed by atoms with E-state index in [4.69, 9.17) is 4.74 Å². The molecule has 2 aliphatic carbocycles. The molecular formula is C21H28N2O3. The van der Waals surface area contributed by atoms with Crippen molar-refractivity contribution in [2.45, 2.75) is 50.5 Å². The van der Waals surface area contributed by atoms with Gasteiger partial charge < -0.3 is 15.0 Å². The molecule has 2 atom stereocenters. The normalized spacial score (nSPS) is 26.1. The molecule has 1 heterocycles. The van der Waals surface area contributed by atoms with E-state index in [-0.39, 0.29) is 29.6 Å². The summed E-state index contributed by atoms with van der Waals surface area (Å²) in [6, 6.07) is 8.28. The smallest absolute Gasteiger partial charge is 0.225 e. The Morgan fingerprint density at radius 1 is 1.04 bits per heavy atom. The average Bonchev–Trinajstić information content (AvgIpc) is 3.16. The van der Waals surface area contributed by atoms with Crippen molar-refractivity contribution in [2.24, 2.45) is 11.8 Å². The molecule has 1 aromatic rings. The van der Waals surface area contributed by atoms with Crippen LogP contribution in [0.15, 0.2) is 24.3 Å². The molecule has 1 aliphatic heterocycles. The van der Waals surface area contributed by atoms with Gasteiger partial charge in [0.05, 0.1) is 13.0 Å². The molecule has 0 aromatic heterocycles. The van der Waals surface area contributed by atoms with Gasteiger partial charge in [-0.15, -0.1) is 0 Å². The van der Waals surface area contributed by atoms with Gasteiger partial charge >= 0.3 is 0 Å². The summed E-state index contributed by atoms with van der Waals surface area (Å²) in [5.74, 6) is 1.23. The number of carbonyl (C=O) groups is 2. The predicted molar refractivity (Wildman–Crippen MR) is 98.9 cm³/mol. The zero-order valence-corrected chi connectivity index (χ0v) is 15.4. The topological polar surface area (TPSA) is 58.6 Å². The summed E-state index contributed by atoms with van der Waals surface area (Å²) < 4.78 is 5.25. The van der Waals surface area contributed by atoms with Crippen molar-refractivity contribution in [3.63, 3.8) is 0 Å². The second kappa shape index (κ2) is 7.29. The number of nitrogens with zero attached hydrogens (tertiary/aromatic N) is 1. The Kier molecular flexibility index (Phi) is 4.88. The molecule has 0 bridgehead atoms. The van der Waals surface area contributed by atoms with Crippen LogP contribution in [0.25, 0.3) is 0 Å². The summed E-state index contributed by atoms with van der Waals surface area (Å²) in [6.45, 7) is 1.19. The number of benzene rings is 1. The van der Waals surface area contributed by atoms with Crippen LogP contribution in [0, 0.1) is 11.8 Å². The Balaban J connectivity index is 1.53. The molecule has 1 aromatic carbocycles. The first-order valence-electron chi connectivity index (χ1n) is 9.89. The SMILES string of the molecule is COc1ccc([C@@H]2CN(C(=O)C3CCCC3)C[C@H]2C(=O)NC2CC2)cc1. The zero-order valence-electron chi connectivity index (χ0n) is 15.4. The number of carbonyl (C=O) groups excluding carboxylic acids is 2. The zero-order chi connectivity index (χ0) is 18.1. The molecule has 2 amide bonds. The fraction of sp³-hybridized carbons (Fsp3) is 0.619. The van der Waals surface area contributed by atoms with E-state index in [0.29, 0.717) is 19.1 Å². The van der Waals surface area contributed by atoms with Gasteiger partial charge in [-0.05, 0) is 43.4 Å². The van der Waals surface area contributed by atoms with Crippen LogP contribution in [0.3, 0.4) is 0 Å². The fourth-order valence-corrected chi connectivity index (χ4v) is 4.41. The largest absolute Gasteiger partial charge is 0.497 e. The number of rotatable bonds is 5. The maximum atomic E-state index is 12.9. The van der Waals surface area contributed by atoms with Crippen molar-refractivity contribution in [1.82, 2.24) is 10.2 Å². The van der Waals surface area contributed by atoms with Crippen LogP contribution >= 0.6 is 0 Å². The average molecular weight is 356 g/mol. The van der Waals surface area contributed by atoms with Crippen LogP contribution in [0.4, 0.5) is 0 Å². The molecule has 0 unspecified atom stereocenters. The monoisotopic (exact) mass is 356 g/mol. The minimum absolute atomic E-state index is 0.0602. The first kappa shape index (κ1) is 17.4. The molecule has 140 valence electrons. The minimum atomic E-state index is -0.158. The lowest BCUT2D eigenvalue weighted by atomic mass is 9.88. The third-order valence-electron chi connectivity index (χ3n) is 6.14. The van der Waals surface area contributed by atoms with E-state index in [0.717, 1.165) is 49.8 Å². The molecule has 5 nitrogen and oxygen atoms in total. The van der Waals surface area contributed by atoms with E-state index in [1.54, 1.807) is 7.11 Å². The standard InChI is InChI=1S/C21H28N2O3/c1-26-17-10-6-14(7-11-17)18-12-23(21(25)15-4-2-3-5-15)13-19(18)20(24)22-16-8-9-16/h6-7,10-11,15-16,18-19H,2-5,8-9,12-13H2,1H3,(H,22,24)/t18-,19+/m0/s1. The van der Waals surface area contributed by atoms with Crippen molar-refractivity contribution in [1.29, 1.82) is 0 Å². The lowest BCUT2D eigenvalue weighted by molar-refractivity contribution is -0.134. The first-order chi connectivity index (χ1) is 12.7. The van der Waals surface area contributed by atoms with Crippen LogP contribution in [0.5, 0.6) is 5.75 Å². The second-order valence-corrected chi connectivity index (χ2v) is 7.99. The molecule has 5 heteroatoms. The Morgan fingerprint density at radius 2 is 1.73 bits per heavy atom. The van der Waals surface area contributed by atoms with Gasteiger partial charge in [0.1, 0.15) is 5.75 Å². The molecular weight excluding hydrogens is 328 g/mol. The third kappa shape index (κ3) is 3.57. The van der Waals surface area contributed by atoms with E-state index in [9.17, 15) is 9.59 Å². The van der Waals surface area contributed by atoms with Crippen molar-refractivity contribution in [3.05, 3.63) is 29.8 Å². The highest BCUT2D eigenvalue weighted by atomic mass is 16.5. The summed E-state index contributed by atoms with van der Waals surface area (Å²) in [4.78, 5) is 27.7. The van der Waals surface area contributed by atoms with Gasteiger partial charge in [-0.3, -0.25) is 9.59 Å². The molecule has 2 saturated carbocycles. The lowest BCUT2D eigenvalue weighted by Gasteiger charge is -2.20. The maximum Gasteiger partial charge on any atom is 0.225 e. The van der Waals surface area contributed by atoms with Crippen LogP contribution in [-0.2, 0) is 9.59 Å². The Morgan fingerprint density at radius 3 is 2.35 bits per heavy atom. The number of amides is 2. The number of ether oxygens (including phenoxy) is 1. The molecule has 0 spiro atoms. The fourth-order valence-electron chi connectivity index (χ4n) is 4.41. The Hall–Kier alpha value is -2.04. The molecule has 0 radical (unpaired) electrons. The quantitative estimate of drug-likeness (QED) is 0.882. The number of hydrogen-bond donors (Lipinski definition) is 1. The summed E-state index contributed by atoms with van der Waals surface area (Å²) >= 11 is 0. The Bertz CT molecular complexity index is 662. The third-order valence-corrected chi connectivity index (χ3v) is 6.14. The van der Waals surface area contributed by atoms with Crippen LogP contribution in [0.2, 0.25) is 0 Å². The summed E-state index contributed by atoms with van der Waals surface area (Å²) in [6.07, 6.45) is 6.46. The van der Waals surface area contributed by atoms with Crippen LogP contribution in [-0.4, -0.2) is 43.0 Å². The van der Waals surface area contributed by atoms with Gasteiger partial charge in [-0.1, -0.05) is 25.0 Å². The number of methoxy groups -OCH3 is 1. The van der Waals surface area contributed by atoms with E-state index < -0.39 is 0 Å². The summed E-state index contributed by atoms with van der Waals surface area (Å²) in [5.41, 5.74) is 1.11. The molecule has 3 aliphatic rings. The van der Waals surface area contributed by atoms with E-state index >= 15 is 0 Å². The number of likely N-dealkylation sites (tertiary alicyclic amines) is 1. The van der Waals surface area contributed by atoms with Crippen LogP contribution in [0.1, 0.15) is 50.0 Å². The molecule has 1 N–H and O–H groups in total. The highest BCUT2D eigenvalue weighted by Gasteiger charge is 2.43. The summed E-state index contributed by atoms with van der Waals surface area (Å²) in [5, 5.41) is 3.15. The van der Waals surface area contributed by atoms with Crippen LogP contribution < -0.4 is 10.1 Å².